The van der Waals surface area contributed by atoms with Crippen molar-refractivity contribution in [2.45, 2.75) is 45.6 Å². The Balaban J connectivity index is 1.75. The van der Waals surface area contributed by atoms with E-state index in [4.69, 9.17) is 0 Å². The Morgan fingerprint density at radius 3 is 2.57 bits per heavy atom. The van der Waals surface area contributed by atoms with Crippen molar-refractivity contribution in [3.63, 3.8) is 0 Å². The predicted molar refractivity (Wildman–Crippen MR) is 57.2 cm³/mol. The standard InChI is InChI=1S/C12H21NO/c1-9(2)13-6-5-10(8-13)7-12(14)11-3-4-11/h9-11H,3-8H2,1-2H3. The molecule has 1 saturated carbocycles. The number of carbonyl (C=O) groups is 1. The second kappa shape index (κ2) is 4.01. The highest BCUT2D eigenvalue weighted by Gasteiger charge is 2.33. The number of carbonyl (C=O) groups excluding carboxylic acids is 1. The zero-order valence-corrected chi connectivity index (χ0v) is 9.33. The van der Waals surface area contributed by atoms with Gasteiger partial charge in [-0.1, -0.05) is 0 Å². The van der Waals surface area contributed by atoms with Crippen molar-refractivity contribution in [1.29, 1.82) is 0 Å². The van der Waals surface area contributed by atoms with Gasteiger partial charge in [0.15, 0.2) is 0 Å². The molecule has 0 aromatic carbocycles. The Labute approximate surface area is 86.7 Å². The van der Waals surface area contributed by atoms with Gasteiger partial charge in [-0.15, -0.1) is 0 Å². The van der Waals surface area contributed by atoms with Crippen LogP contribution in [0.5, 0.6) is 0 Å². The fourth-order valence-corrected chi connectivity index (χ4v) is 2.35. The number of ketones is 1. The minimum absolute atomic E-state index is 0.461. The quantitative estimate of drug-likeness (QED) is 0.684. The van der Waals surface area contributed by atoms with Gasteiger partial charge in [0.1, 0.15) is 5.78 Å². The zero-order valence-electron chi connectivity index (χ0n) is 9.33. The van der Waals surface area contributed by atoms with Gasteiger partial charge < -0.3 is 4.90 Å². The summed E-state index contributed by atoms with van der Waals surface area (Å²) >= 11 is 0. The van der Waals surface area contributed by atoms with Crippen molar-refractivity contribution >= 4 is 5.78 Å². The van der Waals surface area contributed by atoms with Crippen molar-refractivity contribution in [3.05, 3.63) is 0 Å². The van der Waals surface area contributed by atoms with Crippen LogP contribution in [0.3, 0.4) is 0 Å². The summed E-state index contributed by atoms with van der Waals surface area (Å²) in [6.45, 7) is 6.83. The van der Waals surface area contributed by atoms with Crippen LogP contribution < -0.4 is 0 Å². The smallest absolute Gasteiger partial charge is 0.136 e. The van der Waals surface area contributed by atoms with Crippen LogP contribution in [0.25, 0.3) is 0 Å². The molecule has 0 aromatic heterocycles. The molecule has 1 saturated heterocycles. The van der Waals surface area contributed by atoms with Crippen LogP contribution in [-0.4, -0.2) is 29.8 Å². The van der Waals surface area contributed by atoms with Crippen LogP contribution in [-0.2, 0) is 4.79 Å². The Kier molecular flexibility index (Phi) is 2.91. The fraction of sp³-hybridized carbons (Fsp3) is 0.917. The lowest BCUT2D eigenvalue weighted by Crippen LogP contribution is -2.28. The van der Waals surface area contributed by atoms with Gasteiger partial charge in [0.2, 0.25) is 0 Å². The van der Waals surface area contributed by atoms with E-state index in [2.05, 4.69) is 18.7 Å². The third kappa shape index (κ3) is 2.35. The SMILES string of the molecule is CC(C)N1CCC(CC(=O)C2CC2)C1. The first-order valence-electron chi connectivity index (χ1n) is 5.93. The van der Waals surface area contributed by atoms with Crippen molar-refractivity contribution in [1.82, 2.24) is 4.90 Å². The molecule has 1 aliphatic heterocycles. The topological polar surface area (TPSA) is 20.3 Å². The number of hydrogen-bond donors (Lipinski definition) is 0. The molecule has 2 nitrogen and oxygen atoms in total. The average Bonchev–Trinajstić information content (AvgIpc) is 2.87. The highest BCUT2D eigenvalue weighted by Crippen LogP contribution is 2.33. The second-order valence-electron chi connectivity index (χ2n) is 5.19. The third-order valence-electron chi connectivity index (χ3n) is 3.57. The Bertz CT molecular complexity index is 220. The van der Waals surface area contributed by atoms with E-state index in [9.17, 15) is 4.79 Å². The van der Waals surface area contributed by atoms with Crippen molar-refractivity contribution in [3.8, 4) is 0 Å². The Hall–Kier alpha value is -0.370. The van der Waals surface area contributed by atoms with Crippen LogP contribution in [0.1, 0.15) is 39.5 Å². The Morgan fingerprint density at radius 2 is 2.07 bits per heavy atom. The van der Waals surface area contributed by atoms with Gasteiger partial charge in [-0.05, 0) is 45.6 Å². The summed E-state index contributed by atoms with van der Waals surface area (Å²) < 4.78 is 0. The number of rotatable bonds is 4. The van der Waals surface area contributed by atoms with Gasteiger partial charge in [-0.3, -0.25) is 4.79 Å². The summed E-state index contributed by atoms with van der Waals surface area (Å²) in [5, 5.41) is 0. The second-order valence-corrected chi connectivity index (χ2v) is 5.19. The summed E-state index contributed by atoms with van der Waals surface area (Å²) in [7, 11) is 0. The van der Waals surface area contributed by atoms with Gasteiger partial charge in [-0.25, -0.2) is 0 Å². The first-order chi connectivity index (χ1) is 6.66. The van der Waals surface area contributed by atoms with Gasteiger partial charge in [-0.2, -0.15) is 0 Å². The largest absolute Gasteiger partial charge is 0.301 e. The maximum Gasteiger partial charge on any atom is 0.136 e. The van der Waals surface area contributed by atoms with Crippen LogP contribution >= 0.6 is 0 Å². The number of likely N-dealkylation sites (tertiary alicyclic amines) is 1. The van der Waals surface area contributed by atoms with Gasteiger partial charge in [0, 0.05) is 24.9 Å². The minimum Gasteiger partial charge on any atom is -0.301 e. The normalized spacial score (nSPS) is 28.6. The maximum absolute atomic E-state index is 11.6. The molecule has 2 heteroatoms. The molecular formula is C12H21NO. The molecule has 2 aliphatic rings. The molecule has 0 radical (unpaired) electrons. The van der Waals surface area contributed by atoms with Crippen molar-refractivity contribution in [2.24, 2.45) is 11.8 Å². The molecule has 2 rings (SSSR count). The lowest BCUT2D eigenvalue weighted by Gasteiger charge is -2.20. The molecule has 14 heavy (non-hydrogen) atoms. The molecule has 2 fully saturated rings. The molecule has 1 unspecified atom stereocenters. The van der Waals surface area contributed by atoms with E-state index in [0.29, 0.717) is 23.7 Å². The molecule has 80 valence electrons. The molecule has 1 heterocycles. The van der Waals surface area contributed by atoms with Crippen LogP contribution in [0.15, 0.2) is 0 Å². The van der Waals surface area contributed by atoms with E-state index < -0.39 is 0 Å². The van der Waals surface area contributed by atoms with Crippen LogP contribution in [0, 0.1) is 11.8 Å². The summed E-state index contributed by atoms with van der Waals surface area (Å²) in [4.78, 5) is 14.1. The fourth-order valence-electron chi connectivity index (χ4n) is 2.35. The molecule has 0 bridgehead atoms. The van der Waals surface area contributed by atoms with Crippen molar-refractivity contribution < 1.29 is 4.79 Å². The van der Waals surface area contributed by atoms with Gasteiger partial charge in [0.25, 0.3) is 0 Å². The highest BCUT2D eigenvalue weighted by atomic mass is 16.1. The summed E-state index contributed by atoms with van der Waals surface area (Å²) in [6.07, 6.45) is 4.42. The zero-order chi connectivity index (χ0) is 10.1. The molecule has 0 amide bonds. The van der Waals surface area contributed by atoms with Crippen LogP contribution in [0.2, 0.25) is 0 Å². The van der Waals surface area contributed by atoms with E-state index in [1.807, 2.05) is 0 Å². The van der Waals surface area contributed by atoms with Gasteiger partial charge in [0.05, 0.1) is 0 Å². The van der Waals surface area contributed by atoms with Crippen LogP contribution in [0.4, 0.5) is 0 Å². The van der Waals surface area contributed by atoms with E-state index in [0.717, 1.165) is 13.0 Å². The van der Waals surface area contributed by atoms with E-state index in [1.54, 1.807) is 0 Å². The molecule has 0 spiro atoms. The van der Waals surface area contributed by atoms with E-state index in [-0.39, 0.29) is 0 Å². The third-order valence-corrected chi connectivity index (χ3v) is 3.57. The number of Topliss-reactive ketones (excluding diaryl/α,β-unsaturated/α-hetero) is 1. The minimum atomic E-state index is 0.461. The molecular weight excluding hydrogens is 174 g/mol. The lowest BCUT2D eigenvalue weighted by molar-refractivity contribution is -0.121. The molecule has 0 aromatic rings. The highest BCUT2D eigenvalue weighted by molar-refractivity contribution is 5.83. The first-order valence-corrected chi connectivity index (χ1v) is 5.93. The lowest BCUT2D eigenvalue weighted by atomic mass is 10.00. The van der Waals surface area contributed by atoms with E-state index >= 15 is 0 Å². The summed E-state index contributed by atoms with van der Waals surface area (Å²) in [6, 6.07) is 0.649. The summed E-state index contributed by atoms with van der Waals surface area (Å²) in [5.74, 6) is 1.66. The monoisotopic (exact) mass is 195 g/mol. The number of hydrogen-bond acceptors (Lipinski definition) is 2. The van der Waals surface area contributed by atoms with E-state index in [1.165, 1.54) is 25.8 Å². The van der Waals surface area contributed by atoms with Gasteiger partial charge >= 0.3 is 0 Å². The maximum atomic E-state index is 11.6. The Morgan fingerprint density at radius 1 is 1.36 bits per heavy atom. The average molecular weight is 195 g/mol. The molecule has 0 N–H and O–H groups in total. The number of nitrogens with zero attached hydrogens (tertiary/aromatic N) is 1. The molecule has 1 atom stereocenters. The van der Waals surface area contributed by atoms with Crippen molar-refractivity contribution in [2.75, 3.05) is 13.1 Å². The predicted octanol–water partition coefficient (Wildman–Crippen LogP) is 2.09. The molecule has 1 aliphatic carbocycles. The first kappa shape index (κ1) is 10.2. The summed E-state index contributed by atoms with van der Waals surface area (Å²) in [5.41, 5.74) is 0.